The maximum atomic E-state index is 13.7. The summed E-state index contributed by atoms with van der Waals surface area (Å²) in [5.74, 6) is -0.999. The molecule has 1 unspecified atom stereocenters. The molecule has 2 aromatic carbocycles. The lowest BCUT2D eigenvalue weighted by Crippen LogP contribution is -2.14. The van der Waals surface area contributed by atoms with E-state index in [0.717, 1.165) is 0 Å². The molecule has 0 heterocycles. The Morgan fingerprint density at radius 3 is 2.44 bits per heavy atom. The number of halogens is 4. The number of benzene rings is 2. The summed E-state index contributed by atoms with van der Waals surface area (Å²) >= 11 is 8.84. The van der Waals surface area contributed by atoms with Crippen LogP contribution in [-0.4, -0.2) is 0 Å². The van der Waals surface area contributed by atoms with Crippen molar-refractivity contribution in [3.05, 3.63) is 68.7 Å². The third kappa shape index (κ3) is 2.71. The molecule has 0 aliphatic heterocycles. The van der Waals surface area contributed by atoms with Crippen LogP contribution < -0.4 is 5.73 Å². The highest BCUT2D eigenvalue weighted by atomic mass is 79.9. The fraction of sp³-hybridized carbons (Fsp3) is 0.0769. The lowest BCUT2D eigenvalue weighted by atomic mass is 9.99. The molecule has 0 saturated carbocycles. The Hall–Kier alpha value is -0.970. The Kier molecular flexibility index (Phi) is 4.00. The fourth-order valence-electron chi connectivity index (χ4n) is 1.64. The van der Waals surface area contributed by atoms with E-state index in [0.29, 0.717) is 15.6 Å². The van der Waals surface area contributed by atoms with Gasteiger partial charge >= 0.3 is 0 Å². The van der Waals surface area contributed by atoms with Gasteiger partial charge in [-0.3, -0.25) is 0 Å². The molecule has 0 fully saturated rings. The van der Waals surface area contributed by atoms with E-state index < -0.39 is 17.7 Å². The lowest BCUT2D eigenvalue weighted by Gasteiger charge is -2.14. The largest absolute Gasteiger partial charge is 0.320 e. The van der Waals surface area contributed by atoms with Gasteiger partial charge in [-0.1, -0.05) is 33.6 Å². The summed E-state index contributed by atoms with van der Waals surface area (Å²) in [5.41, 5.74) is 6.70. The van der Waals surface area contributed by atoms with Crippen LogP contribution in [0.1, 0.15) is 17.2 Å². The number of hydrogen-bond acceptors (Lipinski definition) is 1. The molecule has 0 saturated heterocycles. The van der Waals surface area contributed by atoms with Gasteiger partial charge in [-0.05, 0) is 35.9 Å². The van der Waals surface area contributed by atoms with Gasteiger partial charge in [0, 0.05) is 10.0 Å². The van der Waals surface area contributed by atoms with Gasteiger partial charge in [0.25, 0.3) is 0 Å². The minimum absolute atomic E-state index is 0.0145. The molecule has 1 nitrogen and oxygen atoms in total. The van der Waals surface area contributed by atoms with E-state index in [-0.39, 0.29) is 5.02 Å². The van der Waals surface area contributed by atoms with Gasteiger partial charge < -0.3 is 5.73 Å². The molecule has 94 valence electrons. The number of nitrogens with two attached hydrogens (primary N) is 1. The van der Waals surface area contributed by atoms with Crippen molar-refractivity contribution in [1.29, 1.82) is 0 Å². The third-order valence-corrected chi connectivity index (χ3v) is 3.40. The molecule has 0 bridgehead atoms. The summed E-state index contributed by atoms with van der Waals surface area (Å²) in [6.45, 7) is 0. The average molecular weight is 333 g/mol. The maximum Gasteiger partial charge on any atom is 0.142 e. The molecule has 2 aromatic rings. The van der Waals surface area contributed by atoms with Gasteiger partial charge in [0.2, 0.25) is 0 Å². The quantitative estimate of drug-likeness (QED) is 0.865. The second-order valence-electron chi connectivity index (χ2n) is 3.82. The summed E-state index contributed by atoms with van der Waals surface area (Å²) < 4.78 is 27.7. The predicted octanol–water partition coefficient (Wildman–Crippen LogP) is 4.43. The maximum absolute atomic E-state index is 13.7. The summed E-state index contributed by atoms with van der Waals surface area (Å²) in [6, 6.07) is 7.92. The zero-order chi connectivity index (χ0) is 13.3. The van der Waals surface area contributed by atoms with Crippen molar-refractivity contribution in [3.8, 4) is 0 Å². The molecule has 1 atom stereocenters. The van der Waals surface area contributed by atoms with Gasteiger partial charge in [-0.2, -0.15) is 0 Å². The van der Waals surface area contributed by atoms with Crippen molar-refractivity contribution in [1.82, 2.24) is 0 Å². The zero-order valence-corrected chi connectivity index (χ0v) is 11.5. The molecule has 0 spiro atoms. The minimum atomic E-state index is -0.741. The van der Waals surface area contributed by atoms with E-state index in [2.05, 4.69) is 15.9 Å². The minimum Gasteiger partial charge on any atom is -0.320 e. The summed E-state index contributed by atoms with van der Waals surface area (Å²) in [5, 5.41) is 0.0145. The van der Waals surface area contributed by atoms with Crippen molar-refractivity contribution >= 4 is 27.5 Å². The van der Waals surface area contributed by atoms with Crippen LogP contribution in [0.2, 0.25) is 5.02 Å². The molecule has 18 heavy (non-hydrogen) atoms. The standard InChI is InChI=1S/C13H9BrClF2N/c14-8-2-4-11(16)9(6-8)13(18)7-1-3-10(15)12(17)5-7/h1-6,13H,18H2. The van der Waals surface area contributed by atoms with Crippen molar-refractivity contribution in [2.24, 2.45) is 5.73 Å². The Bertz CT molecular complexity index is 589. The van der Waals surface area contributed by atoms with E-state index in [4.69, 9.17) is 17.3 Å². The van der Waals surface area contributed by atoms with Gasteiger partial charge in [0.1, 0.15) is 11.6 Å². The zero-order valence-electron chi connectivity index (χ0n) is 9.13. The average Bonchev–Trinajstić information content (AvgIpc) is 2.35. The summed E-state index contributed by atoms with van der Waals surface area (Å²) in [4.78, 5) is 0. The topological polar surface area (TPSA) is 26.0 Å². The molecule has 0 amide bonds. The van der Waals surface area contributed by atoms with Crippen LogP contribution in [0.4, 0.5) is 8.78 Å². The van der Waals surface area contributed by atoms with Gasteiger partial charge in [-0.15, -0.1) is 0 Å². The highest BCUT2D eigenvalue weighted by Crippen LogP contribution is 2.27. The van der Waals surface area contributed by atoms with Crippen LogP contribution in [0.3, 0.4) is 0 Å². The Morgan fingerprint density at radius 1 is 1.06 bits per heavy atom. The van der Waals surface area contributed by atoms with Gasteiger partial charge in [-0.25, -0.2) is 8.78 Å². The second-order valence-corrected chi connectivity index (χ2v) is 5.14. The Labute approximate surface area is 117 Å². The molecule has 2 rings (SSSR count). The lowest BCUT2D eigenvalue weighted by molar-refractivity contribution is 0.595. The molecular weight excluding hydrogens is 324 g/mol. The van der Waals surface area contributed by atoms with Crippen LogP contribution in [0.15, 0.2) is 40.9 Å². The van der Waals surface area contributed by atoms with Crippen molar-refractivity contribution in [2.75, 3.05) is 0 Å². The van der Waals surface area contributed by atoms with Crippen molar-refractivity contribution in [3.63, 3.8) is 0 Å². The molecule has 2 N–H and O–H groups in total. The summed E-state index contributed by atoms with van der Waals surface area (Å²) in [7, 11) is 0. The van der Waals surface area contributed by atoms with E-state index in [9.17, 15) is 8.78 Å². The van der Waals surface area contributed by atoms with Crippen LogP contribution in [0, 0.1) is 11.6 Å². The normalized spacial score (nSPS) is 12.5. The first-order valence-electron chi connectivity index (χ1n) is 5.14. The molecule has 0 aliphatic rings. The summed E-state index contributed by atoms with van der Waals surface area (Å²) in [6.07, 6.45) is 0. The highest BCUT2D eigenvalue weighted by molar-refractivity contribution is 9.10. The van der Waals surface area contributed by atoms with Crippen LogP contribution in [0.25, 0.3) is 0 Å². The Balaban J connectivity index is 2.44. The monoisotopic (exact) mass is 331 g/mol. The first kappa shape index (κ1) is 13.5. The van der Waals surface area contributed by atoms with E-state index in [1.807, 2.05) is 0 Å². The smallest absolute Gasteiger partial charge is 0.142 e. The molecule has 0 aliphatic carbocycles. The fourth-order valence-corrected chi connectivity index (χ4v) is 2.13. The number of hydrogen-bond donors (Lipinski definition) is 1. The molecule has 0 aromatic heterocycles. The second kappa shape index (κ2) is 5.34. The first-order chi connectivity index (χ1) is 8.49. The molecule has 5 heteroatoms. The van der Waals surface area contributed by atoms with Crippen LogP contribution in [-0.2, 0) is 0 Å². The molecular formula is C13H9BrClF2N. The van der Waals surface area contributed by atoms with Crippen molar-refractivity contribution < 1.29 is 8.78 Å². The molecule has 0 radical (unpaired) electrons. The number of rotatable bonds is 2. The highest BCUT2D eigenvalue weighted by Gasteiger charge is 2.15. The van der Waals surface area contributed by atoms with E-state index in [1.165, 1.54) is 18.2 Å². The van der Waals surface area contributed by atoms with E-state index in [1.54, 1.807) is 18.2 Å². The third-order valence-electron chi connectivity index (χ3n) is 2.60. The van der Waals surface area contributed by atoms with Crippen LogP contribution >= 0.6 is 27.5 Å². The first-order valence-corrected chi connectivity index (χ1v) is 6.31. The Morgan fingerprint density at radius 2 is 1.78 bits per heavy atom. The van der Waals surface area contributed by atoms with Gasteiger partial charge in [0.15, 0.2) is 0 Å². The SMILES string of the molecule is NC(c1ccc(Cl)c(F)c1)c1cc(Br)ccc1F. The predicted molar refractivity (Wildman–Crippen MR) is 71.5 cm³/mol. The van der Waals surface area contributed by atoms with Gasteiger partial charge in [0.05, 0.1) is 11.1 Å². The van der Waals surface area contributed by atoms with Crippen molar-refractivity contribution in [2.45, 2.75) is 6.04 Å². The van der Waals surface area contributed by atoms with Crippen LogP contribution in [0.5, 0.6) is 0 Å². The van der Waals surface area contributed by atoms with E-state index >= 15 is 0 Å².